The molecule has 7 rings (SSSR count). The molecule has 0 radical (unpaired) electrons. The third-order valence-electron chi connectivity index (χ3n) is 26.7. The smallest absolute Gasteiger partial charge is 0.407 e. The van der Waals surface area contributed by atoms with Crippen LogP contribution in [-0.4, -0.2) is 335 Å². The molecule has 1 aromatic carbocycles. The highest BCUT2D eigenvalue weighted by atomic mass is 16.8. The van der Waals surface area contributed by atoms with Crippen LogP contribution in [0.15, 0.2) is 30.3 Å². The van der Waals surface area contributed by atoms with Crippen LogP contribution >= 0.6 is 0 Å². The zero-order valence-corrected chi connectivity index (χ0v) is 88.5. The predicted molar refractivity (Wildman–Crippen MR) is 512 cm³/mol. The molecule has 0 aliphatic carbocycles. The molecule has 6 fully saturated rings. The van der Waals surface area contributed by atoms with E-state index in [1.165, 1.54) is 13.8 Å². The molecule has 4 unspecified atom stereocenters. The van der Waals surface area contributed by atoms with Crippen LogP contribution in [0.5, 0.6) is 0 Å². The quantitative estimate of drug-likeness (QED) is 0.0235. The zero-order valence-electron chi connectivity index (χ0n) is 88.5. The molecule has 6 aliphatic heterocycles. The fourth-order valence-electron chi connectivity index (χ4n) is 19.0. The van der Waals surface area contributed by atoms with Gasteiger partial charge in [-0.2, -0.15) is 0 Å². The van der Waals surface area contributed by atoms with Crippen molar-refractivity contribution in [2.75, 3.05) is 92.3 Å². The van der Waals surface area contributed by atoms with Crippen molar-refractivity contribution in [3.05, 3.63) is 35.9 Å². The van der Waals surface area contributed by atoms with Gasteiger partial charge in [0.15, 0.2) is 98.8 Å². The fraction of sp³-hybridized carbons (Fsp3) is 0.780. The van der Waals surface area contributed by atoms with Crippen molar-refractivity contribution in [3.63, 3.8) is 0 Å². The van der Waals surface area contributed by atoms with Gasteiger partial charge < -0.3 is 161 Å². The van der Waals surface area contributed by atoms with Crippen LogP contribution < -0.4 is 33.2 Å². The van der Waals surface area contributed by atoms with Gasteiger partial charge >= 0.3 is 72.1 Å². The third kappa shape index (κ3) is 41.4. The topological polar surface area (TPSA) is 636 Å². The number of hydrogen-bond acceptors (Lipinski definition) is 43. The molecule has 49 heteroatoms. The molecule has 6 amide bonds. The molecule has 844 valence electrons. The first-order valence-electron chi connectivity index (χ1n) is 51.0. The molecule has 0 spiro atoms. The lowest BCUT2D eigenvalue weighted by atomic mass is 9.70. The Bertz CT molecular complexity index is 4290. The lowest BCUT2D eigenvalue weighted by Gasteiger charge is -2.48. The van der Waals surface area contributed by atoms with E-state index in [2.05, 4.69) is 16.0 Å². The minimum Gasteiger partial charge on any atom is -0.463 e. The Balaban J connectivity index is 1.08. The molecule has 6 aliphatic rings. The Morgan fingerprint density at radius 1 is 0.309 bits per heavy atom. The Morgan fingerprint density at radius 2 is 0.651 bits per heavy atom. The molecule has 49 nitrogen and oxygen atoms in total. The van der Waals surface area contributed by atoms with E-state index in [-0.39, 0.29) is 185 Å². The SMILES string of the molecule is CC[C@@H]1OC(OCCOCCCC(=O)CCC(CCC(=O)NCCOCCOC2O[C@@H](CC)[C@@H](C)[C@H](C)[C@@H]2O[C@H]2O[C@H](CC)[C@@H](C)[C@H](OC(N)=O)[C@@H]2OC(C)=O)(CCC(=O)NCCOCCOC2O[C@@H](COC(C)=O)[C@@H](OC(C)=O)[C@H](OC(C)=O)[C@@H]2O[C@H]2O[C@H](COC(C)=O)[C@@H](OC(C)=O)[C@H](OC(N)=O)[C@@H]2OC(C)=O)CC(=O)CCNC(=O)OCc2ccccc2)[C@@H](O[C@H]2O[C@H](CC)[C@@H](C)[C@H](OC(N)=O)[C@@H]2OC(C)=O)[C@@H](C)[C@@H]1C. The summed E-state index contributed by atoms with van der Waals surface area (Å²) in [6.07, 6.45) is -33.2. The van der Waals surface area contributed by atoms with Crippen LogP contribution in [0.2, 0.25) is 0 Å². The number of nitrogens with one attached hydrogen (secondary N) is 3. The van der Waals surface area contributed by atoms with Crippen LogP contribution in [0.3, 0.4) is 0 Å². The first-order chi connectivity index (χ1) is 70.8. The number of esters is 8. The minimum absolute atomic E-state index is 0.00110. The Morgan fingerprint density at radius 3 is 1.05 bits per heavy atom. The van der Waals surface area contributed by atoms with E-state index in [9.17, 15) is 76.7 Å². The number of carbonyl (C=O) groups is 16. The number of primary amides is 3. The van der Waals surface area contributed by atoms with E-state index in [4.69, 9.17) is 145 Å². The van der Waals surface area contributed by atoms with Crippen molar-refractivity contribution in [1.82, 2.24) is 16.0 Å². The summed E-state index contributed by atoms with van der Waals surface area (Å²) >= 11 is 0. The number of nitrogens with two attached hydrogens (primary N) is 3. The maximum Gasteiger partial charge on any atom is 0.407 e. The van der Waals surface area contributed by atoms with E-state index < -0.39 is 262 Å². The second-order valence-electron chi connectivity index (χ2n) is 37.8. The summed E-state index contributed by atoms with van der Waals surface area (Å²) < 4.78 is 161. The molecule has 6 heterocycles. The van der Waals surface area contributed by atoms with Gasteiger partial charge in [0.25, 0.3) is 0 Å². The van der Waals surface area contributed by atoms with E-state index >= 15 is 0 Å². The average molecular weight is 2130 g/mol. The molecular formula is C100H156N6O43. The van der Waals surface area contributed by atoms with Gasteiger partial charge in [0, 0.05) is 132 Å². The average Bonchev–Trinajstić information content (AvgIpc) is 0.801. The first kappa shape index (κ1) is 126. The van der Waals surface area contributed by atoms with Crippen molar-refractivity contribution in [1.29, 1.82) is 0 Å². The Labute approximate surface area is 867 Å². The number of ketones is 2. The maximum atomic E-state index is 14.6. The lowest BCUT2D eigenvalue weighted by Crippen LogP contribution is -2.67. The summed E-state index contributed by atoms with van der Waals surface area (Å²) in [4.78, 5) is 209. The largest absolute Gasteiger partial charge is 0.463 e. The Hall–Kier alpha value is -10.3. The van der Waals surface area contributed by atoms with E-state index in [1.807, 2.05) is 55.4 Å². The highest BCUT2D eigenvalue weighted by Gasteiger charge is 2.60. The number of alkyl carbamates (subject to hydrolysis) is 1. The highest BCUT2D eigenvalue weighted by molar-refractivity contribution is 5.82. The van der Waals surface area contributed by atoms with Gasteiger partial charge in [0.2, 0.25) is 11.8 Å². The van der Waals surface area contributed by atoms with E-state index in [1.54, 1.807) is 44.2 Å². The monoisotopic (exact) mass is 2130 g/mol. The van der Waals surface area contributed by atoms with Gasteiger partial charge in [-0.1, -0.05) is 99.6 Å². The molecule has 6 saturated heterocycles. The normalized spacial score (nSPS) is 30.2. The van der Waals surface area contributed by atoms with Crippen LogP contribution in [0, 0.1) is 40.9 Å². The predicted octanol–water partition coefficient (Wildman–Crippen LogP) is 6.34. The number of carbonyl (C=O) groups excluding carboxylic acids is 16. The summed E-state index contributed by atoms with van der Waals surface area (Å²) in [5.74, 6) is -10.2. The number of amides is 6. The molecule has 0 aromatic heterocycles. The van der Waals surface area contributed by atoms with Crippen LogP contribution in [-0.2, 0) is 192 Å². The maximum absolute atomic E-state index is 14.6. The number of Topliss-reactive ketones (excluding diaryl/α,β-unsaturated/α-hetero) is 2. The van der Waals surface area contributed by atoms with Crippen LogP contribution in [0.4, 0.5) is 19.2 Å². The molecule has 1 aromatic rings. The van der Waals surface area contributed by atoms with Crippen molar-refractivity contribution in [3.8, 4) is 0 Å². The van der Waals surface area contributed by atoms with Gasteiger partial charge in [0.1, 0.15) is 55.8 Å². The summed E-state index contributed by atoms with van der Waals surface area (Å²) in [5, 5.41) is 8.29. The molecule has 9 N–H and O–H groups in total. The fourth-order valence-corrected chi connectivity index (χ4v) is 19.0. The molecule has 0 saturated carbocycles. The lowest BCUT2D eigenvalue weighted by molar-refractivity contribution is -0.368. The summed E-state index contributed by atoms with van der Waals surface area (Å²) in [5.41, 5.74) is 16.0. The van der Waals surface area contributed by atoms with Gasteiger partial charge in [-0.05, 0) is 86.0 Å². The number of rotatable bonds is 61. The van der Waals surface area contributed by atoms with Gasteiger partial charge in [-0.15, -0.1) is 0 Å². The number of benzene rings is 1. The summed E-state index contributed by atoms with van der Waals surface area (Å²) in [7, 11) is 0. The Kier molecular flexibility index (Phi) is 53.9. The van der Waals surface area contributed by atoms with Gasteiger partial charge in [-0.25, -0.2) is 19.2 Å². The van der Waals surface area contributed by atoms with Crippen molar-refractivity contribution >= 4 is 95.5 Å². The minimum atomic E-state index is -2.03. The van der Waals surface area contributed by atoms with Gasteiger partial charge in [-0.3, -0.25) is 57.5 Å². The summed E-state index contributed by atoms with van der Waals surface area (Å²) in [6.45, 7) is 25.0. The van der Waals surface area contributed by atoms with E-state index in [0.717, 1.165) is 41.5 Å². The van der Waals surface area contributed by atoms with Crippen LogP contribution in [0.25, 0.3) is 0 Å². The third-order valence-corrected chi connectivity index (χ3v) is 26.7. The van der Waals surface area contributed by atoms with Crippen molar-refractivity contribution in [2.24, 2.45) is 58.1 Å². The molecule has 149 heavy (non-hydrogen) atoms. The molecule has 31 atom stereocenters. The second-order valence-corrected chi connectivity index (χ2v) is 37.8. The zero-order chi connectivity index (χ0) is 110. The van der Waals surface area contributed by atoms with E-state index in [0.29, 0.717) is 31.2 Å². The highest BCUT2D eigenvalue weighted by Crippen LogP contribution is 2.45. The molecular weight excluding hydrogens is 1970 g/mol. The number of hydrogen-bond donors (Lipinski definition) is 6. The van der Waals surface area contributed by atoms with Crippen LogP contribution in [0.1, 0.15) is 220 Å². The second kappa shape index (κ2) is 63.9. The number of ether oxygens (including phenoxy) is 27. The molecule has 0 bridgehead atoms. The standard InChI is InChI=1S/C100H156N6O43/c1-19-70-53(5)55(7)80(144-93-86(135-64(16)112)78(147-96(101)119)57(9)72(21-3)140-93)90(138-70)126-46-43-123-40-26-29-68(115)30-34-100(49-69(116)33-37-106-99(122)131-50-67-27-24-23-25-28-67,35-31-76(117)104-38-41-124-44-47-127-91-81(56(8)54(6)71(20-2)139-91)145-94-87(136-65(17)113)79(148-97(102)120)58(10)73(22-4)141-94)36-32-77(118)105-39-42-125-45-48-128-92-88(84(134-63(15)111)82(132-61(13)109)74(142-92)51-129-59(11)107)146-95-89(137-66(18)114)85(149-98(103)121)83(133-62(14)110)75(143-95)52-130-60(12)108/h23-25,27-28,53-58,70-75,78-95H,19-22,26,29-52H2,1-18H3,(H2,101,119)(H2,102,120)(H2,103,121)(H,104,117)(H,105,118)(H,106,122)/t53-,54-,55-,56-,57+,58+,70-,71-,72+,73+,74-,75+,78-,79-,80-,81-,82+,83+,84-,85-,86-,87-,88-,89-,90?,91?,92?,93+,94+,95+,100?/m0/s1. The van der Waals surface area contributed by atoms with Gasteiger partial charge in [0.05, 0.1) is 77.3 Å². The first-order valence-corrected chi connectivity index (χ1v) is 51.0. The van der Waals surface area contributed by atoms with Crippen molar-refractivity contribution < 1.29 is 205 Å². The summed E-state index contributed by atoms with van der Waals surface area (Å²) in [6, 6.07) is 8.88. The van der Waals surface area contributed by atoms with Crippen molar-refractivity contribution in [2.45, 2.75) is 369 Å².